The number of rotatable bonds is 6. The summed E-state index contributed by atoms with van der Waals surface area (Å²) in [5, 5.41) is 19.6. The summed E-state index contributed by atoms with van der Waals surface area (Å²) >= 11 is 16.3. The highest BCUT2D eigenvalue weighted by Gasteiger charge is 2.46. The van der Waals surface area contributed by atoms with Gasteiger partial charge in [-0.05, 0) is 12.5 Å². The van der Waals surface area contributed by atoms with Crippen LogP contribution in [0.3, 0.4) is 0 Å². The number of non-ortho nitro benzene ring substituents is 1. The number of carbonyl (C=O) groups is 1. The molecule has 0 aromatic heterocycles. The van der Waals surface area contributed by atoms with Gasteiger partial charge in [0.15, 0.2) is 0 Å². The molecular formula is C11H11Cl3N2O6S. The first-order valence-electron chi connectivity index (χ1n) is 5.92. The van der Waals surface area contributed by atoms with Gasteiger partial charge in [0.25, 0.3) is 15.7 Å². The van der Waals surface area contributed by atoms with Crippen LogP contribution in [0.4, 0.5) is 5.69 Å². The van der Waals surface area contributed by atoms with E-state index in [1.165, 1.54) is 12.1 Å². The second kappa shape index (κ2) is 7.18. The minimum Gasteiger partial charge on any atom is -0.480 e. The zero-order valence-electron chi connectivity index (χ0n) is 11.5. The number of hydrogen-bond acceptors (Lipinski definition) is 5. The first kappa shape index (κ1) is 19.9. The molecule has 0 aliphatic heterocycles. The Bertz CT molecular complexity index is 701. The van der Waals surface area contributed by atoms with E-state index in [0.717, 1.165) is 19.1 Å². The van der Waals surface area contributed by atoms with E-state index < -0.39 is 36.6 Å². The summed E-state index contributed by atoms with van der Waals surface area (Å²) in [5.41, 5.74) is 0.0948. The summed E-state index contributed by atoms with van der Waals surface area (Å²) < 4.78 is 22.2. The third-order valence-electron chi connectivity index (χ3n) is 2.88. The van der Waals surface area contributed by atoms with Crippen molar-refractivity contribution >= 4 is 56.5 Å². The molecule has 1 N–H and O–H groups in total. The largest absolute Gasteiger partial charge is 0.480 e. The van der Waals surface area contributed by atoms with Crippen LogP contribution in [0.2, 0.25) is 0 Å². The van der Waals surface area contributed by atoms with Crippen LogP contribution in [0.15, 0.2) is 24.3 Å². The molecule has 23 heavy (non-hydrogen) atoms. The number of nitrogens with zero attached hydrogens (tertiary/aromatic N) is 2. The van der Waals surface area contributed by atoms with Gasteiger partial charge in [0.05, 0.1) is 4.92 Å². The summed E-state index contributed by atoms with van der Waals surface area (Å²) in [5.74, 6) is -1.44. The Hall–Kier alpha value is -1.13. The Labute approximate surface area is 146 Å². The van der Waals surface area contributed by atoms with Gasteiger partial charge in [-0.3, -0.25) is 14.9 Å². The zero-order chi connectivity index (χ0) is 18.0. The second-order valence-corrected chi connectivity index (χ2v) is 9.42. The molecule has 1 rings (SSSR count). The van der Waals surface area contributed by atoms with Crippen molar-refractivity contribution < 1.29 is 23.2 Å². The number of benzene rings is 1. The van der Waals surface area contributed by atoms with Crippen molar-refractivity contribution in [1.29, 1.82) is 0 Å². The van der Waals surface area contributed by atoms with Crippen LogP contribution in [-0.2, 0) is 21.4 Å². The maximum atomic E-state index is 12.2. The van der Waals surface area contributed by atoms with E-state index in [9.17, 15) is 23.3 Å². The number of halogens is 3. The Kier molecular flexibility index (Phi) is 6.22. The van der Waals surface area contributed by atoms with Crippen LogP contribution in [0, 0.1) is 10.1 Å². The van der Waals surface area contributed by atoms with Crippen molar-refractivity contribution in [3.63, 3.8) is 0 Å². The number of carboxylic acids is 1. The maximum Gasteiger partial charge on any atom is 0.321 e. The van der Waals surface area contributed by atoms with Crippen molar-refractivity contribution in [3.05, 3.63) is 39.9 Å². The van der Waals surface area contributed by atoms with Crippen molar-refractivity contribution in [2.24, 2.45) is 0 Å². The molecule has 0 bridgehead atoms. The minimum absolute atomic E-state index is 0.198. The van der Waals surface area contributed by atoms with Crippen LogP contribution in [-0.4, -0.2) is 37.9 Å². The summed E-state index contributed by atoms with van der Waals surface area (Å²) in [6, 6.07) is 3.37. The van der Waals surface area contributed by atoms with Crippen LogP contribution >= 0.6 is 34.8 Å². The van der Waals surface area contributed by atoms with E-state index in [1.54, 1.807) is 0 Å². The topological polar surface area (TPSA) is 118 Å². The van der Waals surface area contributed by atoms with Gasteiger partial charge in [-0.1, -0.05) is 46.9 Å². The van der Waals surface area contributed by atoms with Crippen molar-refractivity contribution in [3.8, 4) is 0 Å². The first-order valence-corrected chi connectivity index (χ1v) is 8.49. The summed E-state index contributed by atoms with van der Waals surface area (Å²) in [6.45, 7) is 0.684. The van der Waals surface area contributed by atoms with Gasteiger partial charge >= 0.3 is 9.09 Å². The lowest BCUT2D eigenvalue weighted by molar-refractivity contribution is -0.384. The van der Waals surface area contributed by atoms with Gasteiger partial charge in [-0.2, -0.15) is 4.31 Å². The lowest BCUT2D eigenvalue weighted by Gasteiger charge is -2.28. The molecule has 0 amide bonds. The first-order chi connectivity index (χ1) is 10.4. The number of nitro benzene ring substituents is 1. The van der Waals surface area contributed by atoms with E-state index >= 15 is 0 Å². The lowest BCUT2D eigenvalue weighted by Crippen LogP contribution is -2.47. The summed E-state index contributed by atoms with van der Waals surface area (Å²) in [6.07, 6.45) is 0. The number of aliphatic carboxylic acids is 1. The molecule has 0 radical (unpaired) electrons. The molecule has 128 valence electrons. The predicted molar refractivity (Wildman–Crippen MR) is 84.9 cm³/mol. The smallest absolute Gasteiger partial charge is 0.321 e. The molecule has 12 heteroatoms. The molecule has 0 unspecified atom stereocenters. The molecule has 8 nitrogen and oxygen atoms in total. The van der Waals surface area contributed by atoms with Gasteiger partial charge in [-0.15, -0.1) is 0 Å². The van der Waals surface area contributed by atoms with Crippen molar-refractivity contribution in [2.75, 3.05) is 0 Å². The third-order valence-corrected chi connectivity index (χ3v) is 6.28. The molecule has 0 fully saturated rings. The van der Waals surface area contributed by atoms with Crippen molar-refractivity contribution in [2.45, 2.75) is 22.6 Å². The second-order valence-electron chi connectivity index (χ2n) is 4.43. The number of sulfonamides is 1. The van der Waals surface area contributed by atoms with Crippen LogP contribution < -0.4 is 0 Å². The normalized spacial score (nSPS) is 13.8. The van der Waals surface area contributed by atoms with Crippen LogP contribution in [0.5, 0.6) is 0 Å². The third kappa shape index (κ3) is 4.67. The molecule has 1 atom stereocenters. The Morgan fingerprint density at radius 3 is 2.17 bits per heavy atom. The standard InChI is InChI=1S/C11H11Cl3N2O6S/c1-7(10(17)18)15(23(21,22)11(12,13)14)6-8-2-4-9(5-3-8)16(19)20/h2-5,7H,6H2,1H3,(H,17,18)/t7-/m0/s1. The fourth-order valence-electron chi connectivity index (χ4n) is 1.59. The molecule has 0 aliphatic rings. The molecular weight excluding hydrogens is 395 g/mol. The lowest BCUT2D eigenvalue weighted by atomic mass is 10.2. The molecule has 0 spiro atoms. The van der Waals surface area contributed by atoms with E-state index in [-0.39, 0.29) is 5.69 Å². The molecule has 0 heterocycles. The van der Waals surface area contributed by atoms with Crippen molar-refractivity contribution in [1.82, 2.24) is 4.31 Å². The number of nitro groups is 1. The Morgan fingerprint density at radius 1 is 1.35 bits per heavy atom. The fourth-order valence-corrected chi connectivity index (χ4v) is 3.48. The number of alkyl halides is 3. The fraction of sp³-hybridized carbons (Fsp3) is 0.364. The van der Waals surface area contributed by atoms with Crippen LogP contribution in [0.25, 0.3) is 0 Å². The monoisotopic (exact) mass is 404 g/mol. The van der Waals surface area contributed by atoms with E-state index in [4.69, 9.17) is 39.9 Å². The van der Waals surface area contributed by atoms with Crippen LogP contribution in [0.1, 0.15) is 12.5 Å². The molecule has 1 aromatic rings. The predicted octanol–water partition coefficient (Wildman–Crippen LogP) is 2.53. The molecule has 0 saturated carbocycles. The Morgan fingerprint density at radius 2 is 1.83 bits per heavy atom. The highest BCUT2D eigenvalue weighted by atomic mass is 35.6. The SMILES string of the molecule is C[C@@H](C(=O)O)N(Cc1ccc([N+](=O)[O-])cc1)S(=O)(=O)C(Cl)(Cl)Cl. The van der Waals surface area contributed by atoms with Gasteiger partial charge in [-0.25, -0.2) is 8.42 Å². The number of carboxylic acid groups (broad SMARTS) is 1. The van der Waals surface area contributed by atoms with Gasteiger partial charge in [0.1, 0.15) is 6.04 Å². The van der Waals surface area contributed by atoms with Gasteiger partial charge in [0.2, 0.25) is 0 Å². The maximum absolute atomic E-state index is 12.2. The summed E-state index contributed by atoms with van der Waals surface area (Å²) in [7, 11) is -4.59. The highest BCUT2D eigenvalue weighted by molar-refractivity contribution is 7.95. The average molecular weight is 406 g/mol. The summed E-state index contributed by atoms with van der Waals surface area (Å²) in [4.78, 5) is 21.1. The Balaban J connectivity index is 3.22. The number of hydrogen-bond donors (Lipinski definition) is 1. The minimum atomic E-state index is -4.59. The van der Waals surface area contributed by atoms with Gasteiger partial charge in [0, 0.05) is 18.7 Å². The molecule has 0 aliphatic carbocycles. The van der Waals surface area contributed by atoms with E-state index in [1.807, 2.05) is 0 Å². The quantitative estimate of drug-likeness (QED) is 0.441. The molecule has 0 saturated heterocycles. The van der Waals surface area contributed by atoms with E-state index in [0.29, 0.717) is 9.87 Å². The highest BCUT2D eigenvalue weighted by Crippen LogP contribution is 2.37. The molecule has 1 aromatic carbocycles. The van der Waals surface area contributed by atoms with E-state index in [2.05, 4.69) is 0 Å². The average Bonchev–Trinajstić information content (AvgIpc) is 2.42. The van der Waals surface area contributed by atoms with Gasteiger partial charge < -0.3 is 5.11 Å². The zero-order valence-corrected chi connectivity index (χ0v) is 14.6.